The number of halogens is 4. The van der Waals surface area contributed by atoms with E-state index in [1.807, 2.05) is 12.1 Å². The second-order valence-corrected chi connectivity index (χ2v) is 16.1. The molecule has 2 aromatic heterocycles. The van der Waals surface area contributed by atoms with Crippen LogP contribution in [0.4, 0.5) is 18.9 Å². The molecule has 2 heterocycles. The predicted molar refractivity (Wildman–Crippen MR) is 148 cm³/mol. The molecule has 0 fully saturated rings. The lowest BCUT2D eigenvalue weighted by Gasteiger charge is -2.42. The molecule has 38 heavy (non-hydrogen) atoms. The third-order valence-electron chi connectivity index (χ3n) is 6.86. The van der Waals surface area contributed by atoms with Crippen LogP contribution in [0.5, 0.6) is 5.75 Å². The average molecular weight is 564 g/mol. The minimum absolute atomic E-state index is 0.0208. The molecular formula is C28H33ClF3N3O2Si. The Morgan fingerprint density at radius 1 is 0.974 bits per heavy atom. The molecule has 204 valence electrons. The number of pyridine rings is 2. The zero-order valence-corrected chi connectivity index (χ0v) is 24.3. The smallest absolute Gasteiger partial charge is 0.433 e. The highest BCUT2D eigenvalue weighted by Crippen LogP contribution is 2.43. The van der Waals surface area contributed by atoms with Gasteiger partial charge in [-0.15, -0.1) is 0 Å². The van der Waals surface area contributed by atoms with Crippen molar-refractivity contribution in [2.24, 2.45) is 0 Å². The van der Waals surface area contributed by atoms with Crippen molar-refractivity contribution in [3.05, 3.63) is 70.6 Å². The molecule has 0 atom stereocenters. The number of carbonyl (C=O) groups is 1. The monoisotopic (exact) mass is 563 g/mol. The molecule has 0 aliphatic heterocycles. The SMILES string of the molecule is Cc1nc(C(F)(F)F)ccc1C(=O)Nc1ccc(Cl)c(-c2ccc(O[Si](C(C)C)(C(C)C)C(C)C)cn2)c1. The van der Waals surface area contributed by atoms with Gasteiger partial charge in [0.15, 0.2) is 0 Å². The normalized spacial score (nSPS) is 12.4. The Morgan fingerprint density at radius 3 is 2.11 bits per heavy atom. The zero-order valence-electron chi connectivity index (χ0n) is 22.6. The number of nitrogens with one attached hydrogen (secondary N) is 1. The van der Waals surface area contributed by atoms with E-state index in [-0.39, 0.29) is 11.3 Å². The van der Waals surface area contributed by atoms with Gasteiger partial charge in [-0.05, 0) is 66.0 Å². The Bertz CT molecular complexity index is 1270. The maximum Gasteiger partial charge on any atom is 0.433 e. The van der Waals surface area contributed by atoms with E-state index in [1.54, 1.807) is 24.4 Å². The summed E-state index contributed by atoms with van der Waals surface area (Å²) < 4.78 is 45.4. The first kappa shape index (κ1) is 29.6. The minimum Gasteiger partial charge on any atom is -0.542 e. The maximum absolute atomic E-state index is 12.9. The number of anilines is 1. The van der Waals surface area contributed by atoms with Crippen molar-refractivity contribution in [2.45, 2.75) is 71.3 Å². The second-order valence-electron chi connectivity index (χ2n) is 10.3. The number of hydrogen-bond acceptors (Lipinski definition) is 4. The standard InChI is InChI=1S/C28H33ClF3N3O2Si/c1-16(2)38(17(3)4,18(5)6)37-21-9-12-25(33-15-21)23-14-20(8-11-24(23)29)35-27(36)22-10-13-26(28(30,31)32)34-19(22)7/h8-18H,1-7H3,(H,35,36). The highest BCUT2D eigenvalue weighted by atomic mass is 35.5. The van der Waals surface area contributed by atoms with Crippen molar-refractivity contribution in [1.82, 2.24) is 9.97 Å². The number of benzene rings is 1. The van der Waals surface area contributed by atoms with Crippen molar-refractivity contribution in [1.29, 1.82) is 0 Å². The van der Waals surface area contributed by atoms with Crippen LogP contribution in [-0.4, -0.2) is 24.2 Å². The number of hydrogen-bond donors (Lipinski definition) is 1. The summed E-state index contributed by atoms with van der Waals surface area (Å²) in [6.45, 7) is 14.7. The van der Waals surface area contributed by atoms with Gasteiger partial charge in [0.2, 0.25) is 0 Å². The molecule has 0 aliphatic rings. The van der Waals surface area contributed by atoms with Gasteiger partial charge in [0.05, 0.1) is 28.2 Å². The molecular weight excluding hydrogens is 531 g/mol. The molecule has 5 nitrogen and oxygen atoms in total. The highest BCUT2D eigenvalue weighted by Gasteiger charge is 2.47. The lowest BCUT2D eigenvalue weighted by atomic mass is 10.1. The van der Waals surface area contributed by atoms with Crippen LogP contribution in [0, 0.1) is 6.92 Å². The molecule has 10 heteroatoms. The van der Waals surface area contributed by atoms with E-state index in [1.165, 1.54) is 6.92 Å². The molecule has 0 saturated heterocycles. The van der Waals surface area contributed by atoms with Crippen molar-refractivity contribution < 1.29 is 22.4 Å². The van der Waals surface area contributed by atoms with Gasteiger partial charge in [0, 0.05) is 11.3 Å². The first-order valence-electron chi connectivity index (χ1n) is 12.5. The molecule has 0 spiro atoms. The fourth-order valence-electron chi connectivity index (χ4n) is 5.11. The number of alkyl halides is 3. The van der Waals surface area contributed by atoms with Crippen molar-refractivity contribution in [3.63, 3.8) is 0 Å². The fourth-order valence-corrected chi connectivity index (χ4v) is 10.6. The van der Waals surface area contributed by atoms with Crippen molar-refractivity contribution in [2.75, 3.05) is 5.32 Å². The van der Waals surface area contributed by atoms with E-state index >= 15 is 0 Å². The number of aromatic nitrogens is 2. The molecule has 0 radical (unpaired) electrons. The van der Waals surface area contributed by atoms with E-state index in [0.717, 1.165) is 12.1 Å². The van der Waals surface area contributed by atoms with Crippen LogP contribution in [0.3, 0.4) is 0 Å². The van der Waals surface area contributed by atoms with Crippen LogP contribution in [0.1, 0.15) is 63.3 Å². The van der Waals surface area contributed by atoms with Crippen LogP contribution in [0.2, 0.25) is 21.6 Å². The molecule has 0 bridgehead atoms. The van der Waals surface area contributed by atoms with Gasteiger partial charge in [-0.1, -0.05) is 53.1 Å². The number of amides is 1. The molecule has 0 saturated carbocycles. The summed E-state index contributed by atoms with van der Waals surface area (Å²) in [5.41, 5.74) is 1.83. The van der Waals surface area contributed by atoms with Gasteiger partial charge in [-0.2, -0.15) is 13.2 Å². The zero-order chi connectivity index (χ0) is 28.4. The Morgan fingerprint density at radius 2 is 1.61 bits per heavy atom. The van der Waals surface area contributed by atoms with Crippen LogP contribution in [0.15, 0.2) is 48.7 Å². The van der Waals surface area contributed by atoms with E-state index in [2.05, 4.69) is 56.8 Å². The lowest BCUT2D eigenvalue weighted by Crippen LogP contribution is -2.50. The van der Waals surface area contributed by atoms with Crippen LogP contribution in [-0.2, 0) is 6.18 Å². The highest BCUT2D eigenvalue weighted by molar-refractivity contribution is 6.78. The molecule has 1 N–H and O–H groups in total. The third kappa shape index (κ3) is 6.21. The average Bonchev–Trinajstić information content (AvgIpc) is 2.82. The summed E-state index contributed by atoms with van der Waals surface area (Å²) in [6.07, 6.45) is -2.89. The quantitative estimate of drug-likeness (QED) is 0.278. The van der Waals surface area contributed by atoms with E-state index in [9.17, 15) is 18.0 Å². The van der Waals surface area contributed by atoms with E-state index in [4.69, 9.17) is 16.0 Å². The molecule has 1 aromatic carbocycles. The summed E-state index contributed by atoms with van der Waals surface area (Å²) in [7, 11) is -2.14. The summed E-state index contributed by atoms with van der Waals surface area (Å²) >= 11 is 6.45. The maximum atomic E-state index is 12.9. The van der Waals surface area contributed by atoms with Gasteiger partial charge in [0.25, 0.3) is 14.2 Å². The van der Waals surface area contributed by atoms with E-state index in [0.29, 0.717) is 44.3 Å². The summed E-state index contributed by atoms with van der Waals surface area (Å²) in [5, 5.41) is 3.15. The van der Waals surface area contributed by atoms with Crippen LogP contribution < -0.4 is 9.74 Å². The van der Waals surface area contributed by atoms with Gasteiger partial charge >= 0.3 is 6.18 Å². The Labute approximate surface area is 227 Å². The molecule has 3 aromatic rings. The van der Waals surface area contributed by atoms with Crippen molar-refractivity contribution >= 4 is 31.5 Å². The Hall–Kier alpha value is -2.91. The topological polar surface area (TPSA) is 64.1 Å². The summed E-state index contributed by atoms with van der Waals surface area (Å²) in [4.78, 5) is 20.9. The predicted octanol–water partition coefficient (Wildman–Crippen LogP) is 8.93. The first-order valence-corrected chi connectivity index (χ1v) is 15.0. The number of aryl methyl sites for hydroxylation is 1. The van der Waals surface area contributed by atoms with Crippen molar-refractivity contribution in [3.8, 4) is 17.0 Å². The number of carbonyl (C=O) groups excluding carboxylic acids is 1. The van der Waals surface area contributed by atoms with Gasteiger partial charge < -0.3 is 9.74 Å². The van der Waals surface area contributed by atoms with Gasteiger partial charge in [0.1, 0.15) is 11.4 Å². The largest absolute Gasteiger partial charge is 0.542 e. The first-order chi connectivity index (χ1) is 17.7. The fraction of sp³-hybridized carbons (Fsp3) is 0.393. The van der Waals surface area contributed by atoms with Crippen LogP contribution >= 0.6 is 11.6 Å². The second kappa shape index (κ2) is 11.5. The van der Waals surface area contributed by atoms with Crippen LogP contribution in [0.25, 0.3) is 11.3 Å². The molecule has 0 aliphatic carbocycles. The Kier molecular flexibility index (Phi) is 8.93. The Balaban J connectivity index is 1.84. The molecule has 1 amide bonds. The van der Waals surface area contributed by atoms with E-state index < -0.39 is 26.1 Å². The van der Waals surface area contributed by atoms with Gasteiger partial charge in [-0.3, -0.25) is 9.78 Å². The number of nitrogens with zero attached hydrogens (tertiary/aromatic N) is 2. The number of rotatable bonds is 8. The van der Waals surface area contributed by atoms with Gasteiger partial charge in [-0.25, -0.2) is 4.98 Å². The summed E-state index contributed by atoms with van der Waals surface area (Å²) in [5.74, 6) is 0.133. The lowest BCUT2D eigenvalue weighted by molar-refractivity contribution is -0.141. The third-order valence-corrected chi connectivity index (χ3v) is 13.2. The molecule has 0 unspecified atom stereocenters. The summed E-state index contributed by atoms with van der Waals surface area (Å²) in [6, 6.07) is 10.5. The minimum atomic E-state index is -4.58. The molecule has 3 rings (SSSR count).